The summed E-state index contributed by atoms with van der Waals surface area (Å²) in [6.45, 7) is 5.38. The van der Waals surface area contributed by atoms with Gasteiger partial charge in [-0.3, -0.25) is 0 Å². The number of hydrogen-bond acceptors (Lipinski definition) is 2. The van der Waals surface area contributed by atoms with E-state index in [2.05, 4.69) is 12.2 Å². The fraction of sp³-hybridized carbons (Fsp3) is 0.625. The molecule has 0 saturated heterocycles. The van der Waals surface area contributed by atoms with E-state index in [0.29, 0.717) is 19.0 Å². The zero-order valence-electron chi connectivity index (χ0n) is 11.9. The van der Waals surface area contributed by atoms with Crippen molar-refractivity contribution in [2.75, 3.05) is 6.54 Å². The van der Waals surface area contributed by atoms with Gasteiger partial charge in [0.05, 0.1) is 5.60 Å². The van der Waals surface area contributed by atoms with Gasteiger partial charge in [0, 0.05) is 13.1 Å². The van der Waals surface area contributed by atoms with Crippen molar-refractivity contribution in [3.63, 3.8) is 0 Å². The maximum atomic E-state index is 13.2. The number of rotatable bonds is 4. The van der Waals surface area contributed by atoms with Crippen LogP contribution in [0.1, 0.15) is 43.7 Å². The van der Waals surface area contributed by atoms with Crippen LogP contribution in [0.15, 0.2) is 18.2 Å². The maximum Gasteiger partial charge on any atom is 0.123 e. The van der Waals surface area contributed by atoms with Gasteiger partial charge in [0.15, 0.2) is 0 Å². The van der Waals surface area contributed by atoms with Crippen LogP contribution in [0.5, 0.6) is 0 Å². The van der Waals surface area contributed by atoms with Crippen LogP contribution in [0.2, 0.25) is 0 Å². The minimum atomic E-state index is -0.584. The number of hydrogen-bond donors (Lipinski definition) is 2. The first-order chi connectivity index (χ1) is 8.98. The Morgan fingerprint density at radius 3 is 3.00 bits per heavy atom. The molecule has 0 bridgehead atoms. The Morgan fingerprint density at radius 1 is 1.47 bits per heavy atom. The van der Waals surface area contributed by atoms with Crippen LogP contribution in [0.4, 0.5) is 4.39 Å². The fourth-order valence-corrected chi connectivity index (χ4v) is 3.05. The largest absolute Gasteiger partial charge is 0.389 e. The van der Waals surface area contributed by atoms with Gasteiger partial charge in [-0.25, -0.2) is 4.39 Å². The van der Waals surface area contributed by atoms with Crippen LogP contribution in [-0.4, -0.2) is 17.3 Å². The van der Waals surface area contributed by atoms with Gasteiger partial charge in [0.2, 0.25) is 0 Å². The third kappa shape index (κ3) is 4.02. The average molecular weight is 265 g/mol. The molecule has 2 atom stereocenters. The molecule has 1 aliphatic rings. The van der Waals surface area contributed by atoms with Crippen molar-refractivity contribution in [2.24, 2.45) is 5.92 Å². The lowest BCUT2D eigenvalue weighted by atomic mass is 9.79. The molecule has 1 saturated carbocycles. The highest BCUT2D eigenvalue weighted by Gasteiger charge is 2.31. The van der Waals surface area contributed by atoms with Gasteiger partial charge >= 0.3 is 0 Å². The topological polar surface area (TPSA) is 32.3 Å². The lowest BCUT2D eigenvalue weighted by molar-refractivity contribution is -0.0119. The molecule has 0 amide bonds. The Bertz CT molecular complexity index is 435. The predicted molar refractivity (Wildman–Crippen MR) is 75.4 cm³/mol. The monoisotopic (exact) mass is 265 g/mol. The summed E-state index contributed by atoms with van der Waals surface area (Å²) in [7, 11) is 0. The summed E-state index contributed by atoms with van der Waals surface area (Å²) in [6, 6.07) is 4.84. The Kier molecular flexibility index (Phi) is 4.58. The first-order valence-corrected chi connectivity index (χ1v) is 7.17. The van der Waals surface area contributed by atoms with Gasteiger partial charge in [-0.1, -0.05) is 25.8 Å². The van der Waals surface area contributed by atoms with Crippen LogP contribution in [0, 0.1) is 18.7 Å². The van der Waals surface area contributed by atoms with Crippen molar-refractivity contribution in [1.29, 1.82) is 0 Å². The number of nitrogens with one attached hydrogen (secondary N) is 1. The lowest BCUT2D eigenvalue weighted by Crippen LogP contribution is -2.43. The van der Waals surface area contributed by atoms with E-state index in [1.54, 1.807) is 12.1 Å². The second-order valence-corrected chi connectivity index (χ2v) is 6.10. The molecule has 1 aliphatic carbocycles. The minimum absolute atomic E-state index is 0.201. The SMILES string of the molecule is Cc1ccc(F)cc1CNCC1(O)CCCC(C)C1. The van der Waals surface area contributed by atoms with E-state index in [1.165, 1.54) is 12.5 Å². The second kappa shape index (κ2) is 6.02. The summed E-state index contributed by atoms with van der Waals surface area (Å²) in [4.78, 5) is 0. The highest BCUT2D eigenvalue weighted by Crippen LogP contribution is 2.31. The van der Waals surface area contributed by atoms with Crippen LogP contribution in [0.25, 0.3) is 0 Å². The Balaban J connectivity index is 1.87. The summed E-state index contributed by atoms with van der Waals surface area (Å²) in [5.74, 6) is 0.392. The maximum absolute atomic E-state index is 13.2. The van der Waals surface area contributed by atoms with Crippen LogP contribution in [-0.2, 0) is 6.54 Å². The highest BCUT2D eigenvalue weighted by atomic mass is 19.1. The third-order valence-electron chi connectivity index (χ3n) is 4.15. The first kappa shape index (κ1) is 14.5. The van der Waals surface area contributed by atoms with Crippen LogP contribution in [0.3, 0.4) is 0 Å². The first-order valence-electron chi connectivity index (χ1n) is 7.17. The molecule has 0 aliphatic heterocycles. The molecule has 2 nitrogen and oxygen atoms in total. The van der Waals surface area contributed by atoms with Gasteiger partial charge in [0.25, 0.3) is 0 Å². The van der Waals surface area contributed by atoms with Crippen molar-refractivity contribution >= 4 is 0 Å². The van der Waals surface area contributed by atoms with Crippen LogP contribution >= 0.6 is 0 Å². The van der Waals surface area contributed by atoms with Crippen molar-refractivity contribution in [1.82, 2.24) is 5.32 Å². The summed E-state index contributed by atoms with van der Waals surface area (Å²) < 4.78 is 13.2. The number of aliphatic hydroxyl groups is 1. The second-order valence-electron chi connectivity index (χ2n) is 6.10. The molecule has 0 radical (unpaired) electrons. The van der Waals surface area contributed by atoms with Gasteiger partial charge in [-0.2, -0.15) is 0 Å². The average Bonchev–Trinajstić information content (AvgIpc) is 2.33. The van der Waals surface area contributed by atoms with E-state index in [4.69, 9.17) is 0 Å². The molecular formula is C16H24FNO. The van der Waals surface area contributed by atoms with E-state index >= 15 is 0 Å². The molecule has 2 rings (SSSR count). The Hall–Kier alpha value is -0.930. The molecule has 2 unspecified atom stereocenters. The molecule has 0 heterocycles. The molecule has 0 spiro atoms. The van der Waals surface area contributed by atoms with Gasteiger partial charge in [-0.15, -0.1) is 0 Å². The van der Waals surface area contributed by atoms with E-state index in [1.807, 2.05) is 6.92 Å². The van der Waals surface area contributed by atoms with Crippen molar-refractivity contribution < 1.29 is 9.50 Å². The van der Waals surface area contributed by atoms with E-state index in [9.17, 15) is 9.50 Å². The normalized spacial score (nSPS) is 27.5. The predicted octanol–water partition coefficient (Wildman–Crippen LogP) is 3.16. The fourth-order valence-electron chi connectivity index (χ4n) is 3.05. The van der Waals surface area contributed by atoms with Crippen LogP contribution < -0.4 is 5.32 Å². The Labute approximate surface area is 115 Å². The smallest absolute Gasteiger partial charge is 0.123 e. The molecule has 2 N–H and O–H groups in total. The minimum Gasteiger partial charge on any atom is -0.389 e. The van der Waals surface area contributed by atoms with Crippen molar-refractivity contribution in [2.45, 2.75) is 51.7 Å². The van der Waals surface area contributed by atoms with Gasteiger partial charge in [-0.05, 0) is 48.9 Å². The molecular weight excluding hydrogens is 241 g/mol. The zero-order valence-corrected chi connectivity index (χ0v) is 11.9. The van der Waals surface area contributed by atoms with E-state index < -0.39 is 5.60 Å². The lowest BCUT2D eigenvalue weighted by Gasteiger charge is -2.35. The van der Waals surface area contributed by atoms with E-state index in [0.717, 1.165) is 30.4 Å². The van der Waals surface area contributed by atoms with Crippen molar-refractivity contribution in [3.05, 3.63) is 35.1 Å². The molecule has 1 aromatic rings. The molecule has 1 fully saturated rings. The standard InChI is InChI=1S/C16H24FNO/c1-12-4-3-7-16(19,9-12)11-18-10-14-8-15(17)6-5-13(14)2/h5-6,8,12,18-19H,3-4,7,9-11H2,1-2H3. The third-order valence-corrected chi connectivity index (χ3v) is 4.15. The number of benzene rings is 1. The quantitative estimate of drug-likeness (QED) is 0.876. The molecule has 106 valence electrons. The summed E-state index contributed by atoms with van der Waals surface area (Å²) >= 11 is 0. The molecule has 1 aromatic carbocycles. The number of halogens is 1. The molecule has 3 heteroatoms. The van der Waals surface area contributed by atoms with E-state index in [-0.39, 0.29) is 5.82 Å². The summed E-state index contributed by atoms with van der Waals surface area (Å²) in [6.07, 6.45) is 4.04. The summed E-state index contributed by atoms with van der Waals surface area (Å²) in [5.41, 5.74) is 1.46. The molecule has 0 aromatic heterocycles. The highest BCUT2D eigenvalue weighted by molar-refractivity contribution is 5.26. The van der Waals surface area contributed by atoms with Crippen molar-refractivity contribution in [3.8, 4) is 0 Å². The zero-order chi connectivity index (χ0) is 13.9. The van der Waals surface area contributed by atoms with Gasteiger partial charge in [0.1, 0.15) is 5.82 Å². The van der Waals surface area contributed by atoms with Gasteiger partial charge < -0.3 is 10.4 Å². The molecule has 19 heavy (non-hydrogen) atoms. The number of aryl methyl sites for hydroxylation is 1. The summed E-state index contributed by atoms with van der Waals surface area (Å²) in [5, 5.41) is 13.8. The Morgan fingerprint density at radius 2 is 2.26 bits per heavy atom.